The molecule has 4 aromatic rings. The van der Waals surface area contributed by atoms with Gasteiger partial charge in [-0.15, -0.1) is 11.3 Å². The molecule has 27 heavy (non-hydrogen) atoms. The van der Waals surface area contributed by atoms with Crippen LogP contribution in [-0.4, -0.2) is 26.0 Å². The Hall–Kier alpha value is -3.52. The first-order chi connectivity index (χ1) is 13.0. The number of pyridine rings is 1. The van der Waals surface area contributed by atoms with Crippen molar-refractivity contribution in [3.05, 3.63) is 60.0 Å². The molecule has 0 saturated carbocycles. The van der Waals surface area contributed by atoms with Gasteiger partial charge in [0, 0.05) is 22.8 Å². The molecule has 0 amide bonds. The van der Waals surface area contributed by atoms with Crippen molar-refractivity contribution in [2.24, 2.45) is 0 Å². The zero-order chi connectivity index (χ0) is 19.0. The molecule has 0 fully saturated rings. The van der Waals surface area contributed by atoms with E-state index in [-0.39, 0.29) is 11.5 Å². The lowest BCUT2D eigenvalue weighted by molar-refractivity contribution is 0.0696. The van der Waals surface area contributed by atoms with Crippen molar-refractivity contribution in [2.45, 2.75) is 6.92 Å². The molecule has 0 radical (unpaired) electrons. The number of fused-ring (bicyclic) bond motifs is 1. The normalized spacial score (nSPS) is 10.9. The molecule has 0 saturated heterocycles. The number of aromatic nitrogens is 3. The number of nitrogens with two attached hydrogens (primary N) is 1. The van der Waals surface area contributed by atoms with Crippen molar-refractivity contribution in [1.82, 2.24) is 15.0 Å². The first-order valence-corrected chi connectivity index (χ1v) is 8.90. The van der Waals surface area contributed by atoms with Crippen molar-refractivity contribution in [3.63, 3.8) is 0 Å². The molecule has 3 aromatic heterocycles. The Morgan fingerprint density at radius 1 is 1.19 bits per heavy atom. The monoisotopic (exact) mass is 377 g/mol. The highest BCUT2D eigenvalue weighted by Gasteiger charge is 2.13. The number of hydrogen-bond acceptors (Lipinski definition) is 7. The molecular formula is C19H15N5O2S. The Labute approximate surface area is 158 Å². The van der Waals surface area contributed by atoms with Crippen molar-refractivity contribution in [2.75, 3.05) is 11.1 Å². The topological polar surface area (TPSA) is 114 Å². The number of carboxylic acids is 1. The first-order valence-electron chi connectivity index (χ1n) is 8.08. The van der Waals surface area contributed by atoms with Crippen LogP contribution in [0.15, 0.2) is 48.9 Å². The predicted molar refractivity (Wildman–Crippen MR) is 106 cm³/mol. The third-order valence-electron chi connectivity index (χ3n) is 4.12. The largest absolute Gasteiger partial charge is 0.478 e. The van der Waals surface area contributed by atoms with E-state index in [1.165, 1.54) is 6.20 Å². The van der Waals surface area contributed by atoms with Gasteiger partial charge in [0.15, 0.2) is 0 Å². The van der Waals surface area contributed by atoms with E-state index in [1.807, 2.05) is 31.2 Å². The van der Waals surface area contributed by atoms with E-state index in [9.17, 15) is 4.79 Å². The third-order valence-corrected chi connectivity index (χ3v) is 5.41. The molecule has 0 atom stereocenters. The average Bonchev–Trinajstić information content (AvgIpc) is 2.98. The van der Waals surface area contributed by atoms with Crippen molar-refractivity contribution >= 4 is 44.7 Å². The summed E-state index contributed by atoms with van der Waals surface area (Å²) in [5.74, 6) is -0.762. The lowest BCUT2D eigenvalue weighted by Crippen LogP contribution is -1.99. The molecule has 0 spiro atoms. The zero-order valence-corrected chi connectivity index (χ0v) is 15.1. The maximum atomic E-state index is 11.1. The molecule has 0 aliphatic rings. The second-order valence-electron chi connectivity index (χ2n) is 5.96. The minimum absolute atomic E-state index is 0.136. The van der Waals surface area contributed by atoms with Crippen molar-refractivity contribution < 1.29 is 9.90 Å². The summed E-state index contributed by atoms with van der Waals surface area (Å²) in [4.78, 5) is 24.4. The fourth-order valence-corrected chi connectivity index (χ4v) is 3.99. The van der Waals surface area contributed by atoms with Gasteiger partial charge in [0.05, 0.1) is 28.0 Å². The maximum Gasteiger partial charge on any atom is 0.337 e. The Kier molecular flexibility index (Phi) is 4.17. The van der Waals surface area contributed by atoms with Gasteiger partial charge in [0.2, 0.25) is 5.95 Å². The minimum Gasteiger partial charge on any atom is -0.478 e. The molecule has 1 aromatic carbocycles. The molecule has 3 heterocycles. The summed E-state index contributed by atoms with van der Waals surface area (Å²) in [5, 5.41) is 13.4. The molecular weight excluding hydrogens is 362 g/mol. The van der Waals surface area contributed by atoms with Crippen LogP contribution in [0.1, 0.15) is 15.9 Å². The summed E-state index contributed by atoms with van der Waals surface area (Å²) in [5.41, 5.74) is 9.22. The number of hydrogen-bond donors (Lipinski definition) is 3. The van der Waals surface area contributed by atoms with Crippen LogP contribution in [0.5, 0.6) is 0 Å². The number of carbonyl (C=O) groups is 1. The Morgan fingerprint density at radius 2 is 2.04 bits per heavy atom. The van der Waals surface area contributed by atoms with E-state index in [1.54, 1.807) is 29.8 Å². The Balaban J connectivity index is 1.71. The van der Waals surface area contributed by atoms with Crippen LogP contribution in [0, 0.1) is 6.92 Å². The van der Waals surface area contributed by atoms with E-state index < -0.39 is 5.97 Å². The molecule has 0 aliphatic heterocycles. The van der Waals surface area contributed by atoms with Gasteiger partial charge in [-0.25, -0.2) is 14.8 Å². The van der Waals surface area contributed by atoms with Gasteiger partial charge in [-0.3, -0.25) is 4.98 Å². The second kappa shape index (κ2) is 6.65. The number of nitrogens with one attached hydrogen (secondary N) is 1. The van der Waals surface area contributed by atoms with E-state index in [0.29, 0.717) is 5.69 Å². The van der Waals surface area contributed by atoms with Crippen LogP contribution in [0.2, 0.25) is 0 Å². The lowest BCUT2D eigenvalue weighted by Gasteiger charge is -2.07. The van der Waals surface area contributed by atoms with Crippen LogP contribution in [-0.2, 0) is 0 Å². The van der Waals surface area contributed by atoms with Gasteiger partial charge in [-0.1, -0.05) is 0 Å². The summed E-state index contributed by atoms with van der Waals surface area (Å²) in [7, 11) is 0. The second-order valence-corrected chi connectivity index (χ2v) is 7.01. The highest BCUT2D eigenvalue weighted by Crippen LogP contribution is 2.38. The summed E-state index contributed by atoms with van der Waals surface area (Å²) in [6, 6.07) is 9.40. The van der Waals surface area contributed by atoms with E-state index in [2.05, 4.69) is 20.3 Å². The molecule has 4 N–H and O–H groups in total. The van der Waals surface area contributed by atoms with Crippen LogP contribution in [0.25, 0.3) is 20.7 Å². The van der Waals surface area contributed by atoms with Crippen LogP contribution in [0.3, 0.4) is 0 Å². The van der Waals surface area contributed by atoms with Crippen LogP contribution >= 0.6 is 11.3 Å². The van der Waals surface area contributed by atoms with Gasteiger partial charge < -0.3 is 16.2 Å². The standard InChI is InChI=1S/C19H15N5O2S/c1-10-14-7-12(23-13-6-11(18(25)26)8-21-9-13)2-3-16(14)27-17(10)15-4-5-22-19(20)24-15/h2-9,23H,1H3,(H,25,26)(H2,20,22,24). The first kappa shape index (κ1) is 16.9. The number of thiophene rings is 1. The minimum atomic E-state index is -1.01. The molecule has 134 valence electrons. The summed E-state index contributed by atoms with van der Waals surface area (Å²) < 4.78 is 1.13. The number of aromatic carboxylic acids is 1. The van der Waals surface area contributed by atoms with Gasteiger partial charge in [0.1, 0.15) is 0 Å². The number of nitrogens with zero attached hydrogens (tertiary/aromatic N) is 3. The number of benzene rings is 1. The lowest BCUT2D eigenvalue weighted by atomic mass is 10.1. The molecule has 0 unspecified atom stereocenters. The summed E-state index contributed by atoms with van der Waals surface area (Å²) in [6.45, 7) is 2.04. The summed E-state index contributed by atoms with van der Waals surface area (Å²) in [6.07, 6.45) is 4.56. The van der Waals surface area contributed by atoms with Gasteiger partial charge in [-0.2, -0.15) is 0 Å². The summed E-state index contributed by atoms with van der Waals surface area (Å²) >= 11 is 1.64. The smallest absolute Gasteiger partial charge is 0.337 e. The fraction of sp³-hybridized carbons (Fsp3) is 0.0526. The molecule has 0 bridgehead atoms. The zero-order valence-electron chi connectivity index (χ0n) is 14.3. The highest BCUT2D eigenvalue weighted by molar-refractivity contribution is 7.22. The number of nitrogen functional groups attached to an aromatic ring is 1. The number of aryl methyl sites for hydroxylation is 1. The molecule has 8 heteroatoms. The quantitative estimate of drug-likeness (QED) is 0.491. The number of carboxylic acid groups (broad SMARTS) is 1. The fourth-order valence-electron chi connectivity index (χ4n) is 2.84. The van der Waals surface area contributed by atoms with Crippen molar-refractivity contribution in [3.8, 4) is 10.6 Å². The van der Waals surface area contributed by atoms with Gasteiger partial charge in [0.25, 0.3) is 0 Å². The maximum absolute atomic E-state index is 11.1. The van der Waals surface area contributed by atoms with Crippen LogP contribution in [0.4, 0.5) is 17.3 Å². The molecule has 4 rings (SSSR count). The Bertz CT molecular complexity index is 1170. The predicted octanol–water partition coefficient (Wildman–Crippen LogP) is 4.09. The number of rotatable bonds is 4. The van der Waals surface area contributed by atoms with E-state index in [4.69, 9.17) is 10.8 Å². The number of anilines is 3. The van der Waals surface area contributed by atoms with E-state index in [0.717, 1.165) is 31.9 Å². The average molecular weight is 377 g/mol. The third kappa shape index (κ3) is 3.30. The Morgan fingerprint density at radius 3 is 2.81 bits per heavy atom. The van der Waals surface area contributed by atoms with Crippen molar-refractivity contribution in [1.29, 1.82) is 0 Å². The van der Waals surface area contributed by atoms with Gasteiger partial charge >= 0.3 is 5.97 Å². The van der Waals surface area contributed by atoms with E-state index >= 15 is 0 Å². The van der Waals surface area contributed by atoms with Crippen LogP contribution < -0.4 is 11.1 Å². The van der Waals surface area contributed by atoms with Gasteiger partial charge in [-0.05, 0) is 48.2 Å². The molecule has 0 aliphatic carbocycles. The molecule has 7 nitrogen and oxygen atoms in total. The highest BCUT2D eigenvalue weighted by atomic mass is 32.1. The SMILES string of the molecule is Cc1c(-c2ccnc(N)n2)sc2ccc(Nc3cncc(C(=O)O)c3)cc12.